The van der Waals surface area contributed by atoms with Gasteiger partial charge in [-0.2, -0.15) is 0 Å². The van der Waals surface area contributed by atoms with Crippen molar-refractivity contribution in [2.75, 3.05) is 19.8 Å². The van der Waals surface area contributed by atoms with Gasteiger partial charge in [-0.05, 0) is 6.92 Å². The monoisotopic (exact) mass is 298 g/mol. The molecule has 0 aromatic heterocycles. The first kappa shape index (κ1) is 15.5. The lowest BCUT2D eigenvalue weighted by Gasteiger charge is -2.13. The number of carbonyl (C=O) groups excluding carboxylic acids is 4. The van der Waals surface area contributed by atoms with E-state index in [0.29, 0.717) is 0 Å². The van der Waals surface area contributed by atoms with E-state index in [1.807, 2.05) is 0 Å². The minimum Gasteiger partial charge on any atom is -0.465 e. The molecule has 0 amide bonds. The molecule has 2 fully saturated rings. The number of carbonyl (C=O) groups is 4. The van der Waals surface area contributed by atoms with E-state index in [2.05, 4.69) is 0 Å². The summed E-state index contributed by atoms with van der Waals surface area (Å²) in [5.41, 5.74) is 0. The summed E-state index contributed by atoms with van der Waals surface area (Å²) < 4.78 is 14.6. The number of Topliss-reactive ketones (excluding diaryl/α,β-unsaturated/α-hetero) is 1. The summed E-state index contributed by atoms with van der Waals surface area (Å²) in [5.74, 6) is -2.64. The molecule has 0 aromatic carbocycles. The standard InChI is InChI=1S/C14H18O7/c1-8(11(15)2-9-3-12(16)19-5-9)14(18)21-7-10-4-13(17)20-6-10/h8-10H,2-7H2,1H3. The van der Waals surface area contributed by atoms with Crippen molar-refractivity contribution in [1.82, 2.24) is 0 Å². The lowest BCUT2D eigenvalue weighted by molar-refractivity contribution is -0.152. The summed E-state index contributed by atoms with van der Waals surface area (Å²) in [6, 6.07) is 0. The van der Waals surface area contributed by atoms with Gasteiger partial charge in [0.25, 0.3) is 0 Å². The third kappa shape index (κ3) is 4.27. The lowest BCUT2D eigenvalue weighted by Crippen LogP contribution is -2.27. The zero-order chi connectivity index (χ0) is 15.4. The Bertz CT molecular complexity index is 456. The third-order valence-electron chi connectivity index (χ3n) is 3.66. The zero-order valence-corrected chi connectivity index (χ0v) is 11.8. The molecule has 7 heteroatoms. The smallest absolute Gasteiger partial charge is 0.316 e. The van der Waals surface area contributed by atoms with Crippen molar-refractivity contribution < 1.29 is 33.4 Å². The molecule has 3 atom stereocenters. The van der Waals surface area contributed by atoms with Crippen LogP contribution in [-0.2, 0) is 33.4 Å². The topological polar surface area (TPSA) is 96.0 Å². The van der Waals surface area contributed by atoms with Crippen LogP contribution in [0.25, 0.3) is 0 Å². The summed E-state index contributed by atoms with van der Waals surface area (Å²) in [5, 5.41) is 0. The number of ketones is 1. The molecule has 0 saturated carbocycles. The van der Waals surface area contributed by atoms with Gasteiger partial charge in [0.2, 0.25) is 0 Å². The van der Waals surface area contributed by atoms with Gasteiger partial charge in [-0.3, -0.25) is 19.2 Å². The molecule has 0 aromatic rings. The fourth-order valence-electron chi connectivity index (χ4n) is 2.28. The van der Waals surface area contributed by atoms with Crippen LogP contribution < -0.4 is 0 Å². The van der Waals surface area contributed by atoms with Gasteiger partial charge in [-0.1, -0.05) is 0 Å². The van der Waals surface area contributed by atoms with Crippen LogP contribution in [0.3, 0.4) is 0 Å². The average Bonchev–Trinajstić information content (AvgIpc) is 3.04. The number of rotatable bonds is 6. The van der Waals surface area contributed by atoms with Crippen LogP contribution in [0.15, 0.2) is 0 Å². The summed E-state index contributed by atoms with van der Waals surface area (Å²) in [7, 11) is 0. The van der Waals surface area contributed by atoms with Crippen molar-refractivity contribution in [3.05, 3.63) is 0 Å². The van der Waals surface area contributed by atoms with Crippen molar-refractivity contribution in [2.24, 2.45) is 17.8 Å². The van der Waals surface area contributed by atoms with Gasteiger partial charge in [0.1, 0.15) is 11.7 Å². The molecule has 116 valence electrons. The Kier molecular flexibility index (Phi) is 4.93. The molecule has 0 bridgehead atoms. The summed E-state index contributed by atoms with van der Waals surface area (Å²) in [6.07, 6.45) is 0.583. The Balaban J connectivity index is 1.72. The van der Waals surface area contributed by atoms with Gasteiger partial charge in [-0.15, -0.1) is 0 Å². The van der Waals surface area contributed by atoms with Crippen LogP contribution in [0.5, 0.6) is 0 Å². The molecular formula is C14H18O7. The van der Waals surface area contributed by atoms with E-state index < -0.39 is 11.9 Å². The average molecular weight is 298 g/mol. The quantitative estimate of drug-likeness (QED) is 0.394. The van der Waals surface area contributed by atoms with Gasteiger partial charge in [0, 0.05) is 18.3 Å². The highest BCUT2D eigenvalue weighted by Crippen LogP contribution is 2.21. The van der Waals surface area contributed by atoms with E-state index in [4.69, 9.17) is 14.2 Å². The first-order valence-corrected chi connectivity index (χ1v) is 6.96. The SMILES string of the molecule is CC(C(=O)CC1COC(=O)C1)C(=O)OCC1COC(=O)C1. The summed E-state index contributed by atoms with van der Waals surface area (Å²) in [6.45, 7) is 2.04. The van der Waals surface area contributed by atoms with Gasteiger partial charge >= 0.3 is 17.9 Å². The fraction of sp³-hybridized carbons (Fsp3) is 0.714. The van der Waals surface area contributed by atoms with E-state index in [9.17, 15) is 19.2 Å². The molecule has 3 unspecified atom stereocenters. The Labute approximate surface area is 121 Å². The number of ether oxygens (including phenoxy) is 3. The van der Waals surface area contributed by atoms with Gasteiger partial charge in [0.05, 0.1) is 32.7 Å². The van der Waals surface area contributed by atoms with Crippen LogP contribution in [0.1, 0.15) is 26.2 Å². The molecule has 0 spiro atoms. The fourth-order valence-corrected chi connectivity index (χ4v) is 2.28. The van der Waals surface area contributed by atoms with Crippen molar-refractivity contribution >= 4 is 23.7 Å². The predicted molar refractivity (Wildman–Crippen MR) is 67.9 cm³/mol. The molecule has 2 aliphatic rings. The zero-order valence-electron chi connectivity index (χ0n) is 11.8. The molecule has 2 rings (SSSR count). The molecule has 0 N–H and O–H groups in total. The molecule has 2 saturated heterocycles. The van der Waals surface area contributed by atoms with Gasteiger partial charge in [0.15, 0.2) is 0 Å². The highest BCUT2D eigenvalue weighted by atomic mass is 16.6. The lowest BCUT2D eigenvalue weighted by atomic mass is 9.95. The second-order valence-electron chi connectivity index (χ2n) is 5.53. The maximum Gasteiger partial charge on any atom is 0.316 e. The highest BCUT2D eigenvalue weighted by Gasteiger charge is 2.31. The third-order valence-corrected chi connectivity index (χ3v) is 3.66. The van der Waals surface area contributed by atoms with Crippen LogP contribution >= 0.6 is 0 Å². The van der Waals surface area contributed by atoms with Gasteiger partial charge < -0.3 is 14.2 Å². The van der Waals surface area contributed by atoms with Crippen LogP contribution in [-0.4, -0.2) is 43.5 Å². The summed E-state index contributed by atoms with van der Waals surface area (Å²) in [4.78, 5) is 45.6. The molecule has 21 heavy (non-hydrogen) atoms. The maximum atomic E-state index is 11.9. The number of hydrogen-bond donors (Lipinski definition) is 0. The first-order chi connectivity index (χ1) is 9.95. The molecular weight excluding hydrogens is 280 g/mol. The van der Waals surface area contributed by atoms with Crippen LogP contribution in [0.2, 0.25) is 0 Å². The van der Waals surface area contributed by atoms with Gasteiger partial charge in [-0.25, -0.2) is 0 Å². The van der Waals surface area contributed by atoms with E-state index in [1.54, 1.807) is 0 Å². The first-order valence-electron chi connectivity index (χ1n) is 6.96. The van der Waals surface area contributed by atoms with E-state index in [-0.39, 0.29) is 68.6 Å². The molecule has 7 nitrogen and oxygen atoms in total. The Morgan fingerprint density at radius 1 is 1.14 bits per heavy atom. The van der Waals surface area contributed by atoms with Crippen molar-refractivity contribution in [2.45, 2.75) is 26.2 Å². The largest absolute Gasteiger partial charge is 0.465 e. The number of cyclic esters (lactones) is 2. The number of esters is 3. The Hall–Kier alpha value is -1.92. The molecule has 2 aliphatic heterocycles. The van der Waals surface area contributed by atoms with E-state index >= 15 is 0 Å². The van der Waals surface area contributed by atoms with E-state index in [1.165, 1.54) is 6.92 Å². The normalized spacial score (nSPS) is 26.1. The van der Waals surface area contributed by atoms with Crippen LogP contribution in [0.4, 0.5) is 0 Å². The summed E-state index contributed by atoms with van der Waals surface area (Å²) >= 11 is 0. The Morgan fingerprint density at radius 2 is 1.71 bits per heavy atom. The predicted octanol–water partition coefficient (Wildman–Crippen LogP) is 0.251. The van der Waals surface area contributed by atoms with Crippen LogP contribution in [0, 0.1) is 17.8 Å². The minimum absolute atomic E-state index is 0.0766. The number of hydrogen-bond acceptors (Lipinski definition) is 7. The van der Waals surface area contributed by atoms with Crippen molar-refractivity contribution in [1.29, 1.82) is 0 Å². The second kappa shape index (κ2) is 6.69. The minimum atomic E-state index is -0.876. The Morgan fingerprint density at radius 3 is 2.24 bits per heavy atom. The van der Waals surface area contributed by atoms with Crippen molar-refractivity contribution in [3.63, 3.8) is 0 Å². The van der Waals surface area contributed by atoms with E-state index in [0.717, 1.165) is 0 Å². The maximum absolute atomic E-state index is 11.9. The molecule has 2 heterocycles. The molecule has 0 aliphatic carbocycles. The van der Waals surface area contributed by atoms with Crippen molar-refractivity contribution in [3.8, 4) is 0 Å². The molecule has 0 radical (unpaired) electrons. The highest BCUT2D eigenvalue weighted by molar-refractivity contribution is 5.98. The second-order valence-corrected chi connectivity index (χ2v) is 5.53.